The summed E-state index contributed by atoms with van der Waals surface area (Å²) in [5.41, 5.74) is 2.51. The molecule has 2 fully saturated rings. The van der Waals surface area contributed by atoms with Crippen LogP contribution in [-0.4, -0.2) is 32.8 Å². The Labute approximate surface area is 129 Å². The average molecular weight is 302 g/mol. The summed E-state index contributed by atoms with van der Waals surface area (Å²) < 4.78 is 2.11. The smallest absolute Gasteiger partial charge is 0.0959 e. The van der Waals surface area contributed by atoms with Gasteiger partial charge < -0.3 is 0 Å². The minimum absolute atomic E-state index is 0.548. The second-order valence-corrected chi connectivity index (χ2v) is 7.39. The van der Waals surface area contributed by atoms with Gasteiger partial charge >= 0.3 is 0 Å². The van der Waals surface area contributed by atoms with E-state index in [9.17, 15) is 0 Å². The van der Waals surface area contributed by atoms with Crippen molar-refractivity contribution in [2.45, 2.75) is 51.1 Å². The predicted octanol–water partition coefficient (Wildman–Crippen LogP) is 3.36. The number of likely N-dealkylation sites (tertiary alicyclic amines) is 1. The summed E-state index contributed by atoms with van der Waals surface area (Å²) in [7, 11) is 0. The van der Waals surface area contributed by atoms with Gasteiger partial charge in [0.15, 0.2) is 0 Å². The molecule has 0 bridgehead atoms. The van der Waals surface area contributed by atoms with Crippen LogP contribution in [0.15, 0.2) is 17.8 Å². The third-order valence-electron chi connectivity index (χ3n) is 4.70. The Balaban J connectivity index is 1.31. The van der Waals surface area contributed by atoms with Gasteiger partial charge in [0.2, 0.25) is 0 Å². The van der Waals surface area contributed by atoms with E-state index in [-0.39, 0.29) is 0 Å². The molecule has 1 saturated carbocycles. The van der Waals surface area contributed by atoms with Gasteiger partial charge in [-0.3, -0.25) is 9.58 Å². The van der Waals surface area contributed by atoms with Gasteiger partial charge in [-0.25, -0.2) is 4.98 Å². The van der Waals surface area contributed by atoms with E-state index in [1.807, 2.05) is 17.5 Å². The fourth-order valence-corrected chi connectivity index (χ4v) is 4.44. The SMILES string of the molecule is Cc1cnn(C2CN(Cc3csc(C4CCCC4)n3)C2)c1. The predicted molar refractivity (Wildman–Crippen MR) is 84.6 cm³/mol. The lowest BCUT2D eigenvalue weighted by Crippen LogP contribution is -2.47. The summed E-state index contributed by atoms with van der Waals surface area (Å²) in [6.45, 7) is 5.29. The van der Waals surface area contributed by atoms with Crippen molar-refractivity contribution < 1.29 is 0 Å². The lowest BCUT2D eigenvalue weighted by atomic mass is 10.1. The Hall–Kier alpha value is -1.20. The Morgan fingerprint density at radius 2 is 2.10 bits per heavy atom. The van der Waals surface area contributed by atoms with Crippen LogP contribution in [0.25, 0.3) is 0 Å². The maximum absolute atomic E-state index is 4.87. The van der Waals surface area contributed by atoms with Crippen LogP contribution >= 0.6 is 11.3 Å². The lowest BCUT2D eigenvalue weighted by molar-refractivity contribution is 0.0897. The Morgan fingerprint density at radius 3 is 2.81 bits per heavy atom. The quantitative estimate of drug-likeness (QED) is 0.868. The molecule has 2 aromatic rings. The molecule has 2 aromatic heterocycles. The molecule has 0 N–H and O–H groups in total. The highest BCUT2D eigenvalue weighted by molar-refractivity contribution is 7.09. The van der Waals surface area contributed by atoms with E-state index in [2.05, 4.69) is 33.2 Å². The third kappa shape index (κ3) is 2.77. The van der Waals surface area contributed by atoms with Crippen LogP contribution in [0.1, 0.15) is 53.9 Å². The number of hydrogen-bond acceptors (Lipinski definition) is 4. The van der Waals surface area contributed by atoms with E-state index in [0.29, 0.717) is 6.04 Å². The zero-order valence-electron chi connectivity index (χ0n) is 12.5. The van der Waals surface area contributed by atoms with Crippen LogP contribution in [-0.2, 0) is 6.54 Å². The molecule has 1 aliphatic carbocycles. The third-order valence-corrected chi connectivity index (χ3v) is 5.76. The van der Waals surface area contributed by atoms with Crippen LogP contribution in [0, 0.1) is 6.92 Å². The Kier molecular flexibility index (Phi) is 3.55. The second kappa shape index (κ2) is 5.54. The van der Waals surface area contributed by atoms with Gasteiger partial charge in [0.1, 0.15) is 0 Å². The van der Waals surface area contributed by atoms with E-state index in [1.165, 1.54) is 41.9 Å². The zero-order chi connectivity index (χ0) is 14.2. The summed E-state index contributed by atoms with van der Waals surface area (Å²) in [6, 6.07) is 0.548. The molecule has 4 rings (SSSR count). The fourth-order valence-electron chi connectivity index (χ4n) is 3.46. The van der Waals surface area contributed by atoms with E-state index < -0.39 is 0 Å². The van der Waals surface area contributed by atoms with Crippen LogP contribution < -0.4 is 0 Å². The van der Waals surface area contributed by atoms with Crippen molar-refractivity contribution in [3.63, 3.8) is 0 Å². The molecule has 1 aliphatic heterocycles. The second-order valence-electron chi connectivity index (χ2n) is 6.50. The first-order valence-electron chi connectivity index (χ1n) is 7.95. The van der Waals surface area contributed by atoms with Crippen molar-refractivity contribution in [1.29, 1.82) is 0 Å². The number of nitrogens with zero attached hydrogens (tertiary/aromatic N) is 4. The van der Waals surface area contributed by atoms with Gasteiger partial charge in [-0.05, 0) is 25.3 Å². The van der Waals surface area contributed by atoms with E-state index >= 15 is 0 Å². The number of aromatic nitrogens is 3. The highest BCUT2D eigenvalue weighted by Crippen LogP contribution is 2.36. The molecule has 0 unspecified atom stereocenters. The van der Waals surface area contributed by atoms with Crippen LogP contribution in [0.2, 0.25) is 0 Å². The van der Waals surface area contributed by atoms with Gasteiger partial charge in [-0.2, -0.15) is 5.10 Å². The molecule has 0 radical (unpaired) electrons. The number of hydrogen-bond donors (Lipinski definition) is 0. The summed E-state index contributed by atoms with van der Waals surface area (Å²) in [5.74, 6) is 0.750. The van der Waals surface area contributed by atoms with Gasteiger partial charge in [0.25, 0.3) is 0 Å². The van der Waals surface area contributed by atoms with Crippen molar-refractivity contribution in [2.75, 3.05) is 13.1 Å². The summed E-state index contributed by atoms with van der Waals surface area (Å²) in [6.07, 6.45) is 9.54. The monoisotopic (exact) mass is 302 g/mol. The molecule has 0 atom stereocenters. The highest BCUT2D eigenvalue weighted by atomic mass is 32.1. The minimum atomic E-state index is 0.548. The summed E-state index contributed by atoms with van der Waals surface area (Å²) >= 11 is 1.87. The van der Waals surface area contributed by atoms with Crippen molar-refractivity contribution >= 4 is 11.3 Å². The molecular weight excluding hydrogens is 280 g/mol. The van der Waals surface area contributed by atoms with Crippen LogP contribution in [0.5, 0.6) is 0 Å². The first kappa shape index (κ1) is 13.5. The molecule has 2 aliphatic rings. The van der Waals surface area contributed by atoms with Crippen LogP contribution in [0.3, 0.4) is 0 Å². The van der Waals surface area contributed by atoms with E-state index in [0.717, 1.165) is 25.6 Å². The normalized spacial score (nSPS) is 21.0. The largest absolute Gasteiger partial charge is 0.293 e. The summed E-state index contributed by atoms with van der Waals surface area (Å²) in [4.78, 5) is 7.34. The van der Waals surface area contributed by atoms with Crippen molar-refractivity contribution in [1.82, 2.24) is 19.7 Å². The topological polar surface area (TPSA) is 34.0 Å². The minimum Gasteiger partial charge on any atom is -0.293 e. The molecule has 0 amide bonds. The number of aryl methyl sites for hydroxylation is 1. The van der Waals surface area contributed by atoms with Gasteiger partial charge in [0.05, 0.1) is 22.9 Å². The average Bonchev–Trinajstić information content (AvgIpc) is 3.14. The molecule has 1 saturated heterocycles. The number of thiazole rings is 1. The van der Waals surface area contributed by atoms with Crippen molar-refractivity contribution in [3.05, 3.63) is 34.0 Å². The van der Waals surface area contributed by atoms with Crippen molar-refractivity contribution in [3.8, 4) is 0 Å². The zero-order valence-corrected chi connectivity index (χ0v) is 13.4. The van der Waals surface area contributed by atoms with E-state index in [4.69, 9.17) is 4.98 Å². The molecule has 0 spiro atoms. The van der Waals surface area contributed by atoms with Gasteiger partial charge in [0, 0.05) is 37.1 Å². The van der Waals surface area contributed by atoms with Gasteiger partial charge in [-0.1, -0.05) is 12.8 Å². The standard InChI is InChI=1S/C16H22N4S/c1-12-6-17-20(7-12)15-9-19(10-15)8-14-11-21-16(18-14)13-4-2-3-5-13/h6-7,11,13,15H,2-5,8-10H2,1H3. The van der Waals surface area contributed by atoms with Crippen LogP contribution in [0.4, 0.5) is 0 Å². The highest BCUT2D eigenvalue weighted by Gasteiger charge is 2.29. The molecule has 112 valence electrons. The molecule has 0 aromatic carbocycles. The molecular formula is C16H22N4S. The van der Waals surface area contributed by atoms with E-state index in [1.54, 1.807) is 0 Å². The Morgan fingerprint density at radius 1 is 1.29 bits per heavy atom. The maximum atomic E-state index is 4.87. The lowest BCUT2D eigenvalue weighted by Gasteiger charge is -2.38. The first-order chi connectivity index (χ1) is 10.3. The maximum Gasteiger partial charge on any atom is 0.0959 e. The fraction of sp³-hybridized carbons (Fsp3) is 0.625. The van der Waals surface area contributed by atoms with Gasteiger partial charge in [-0.15, -0.1) is 11.3 Å². The molecule has 21 heavy (non-hydrogen) atoms. The Bertz CT molecular complexity index is 605. The molecule has 5 heteroatoms. The number of rotatable bonds is 4. The summed E-state index contributed by atoms with van der Waals surface area (Å²) in [5, 5.41) is 8.05. The molecule has 4 nitrogen and oxygen atoms in total. The first-order valence-corrected chi connectivity index (χ1v) is 8.83. The molecule has 3 heterocycles. The van der Waals surface area contributed by atoms with Crippen molar-refractivity contribution in [2.24, 2.45) is 0 Å².